The third-order valence-corrected chi connectivity index (χ3v) is 3.13. The second-order valence-corrected chi connectivity index (χ2v) is 4.54. The van der Waals surface area contributed by atoms with Crippen LogP contribution in [-0.4, -0.2) is 13.2 Å². The lowest BCUT2D eigenvalue weighted by Crippen LogP contribution is -3.34. The minimum absolute atomic E-state index is 0.419. The van der Waals surface area contributed by atoms with Crippen molar-refractivity contribution in [2.24, 2.45) is 0 Å². The van der Waals surface area contributed by atoms with Gasteiger partial charge in [0.1, 0.15) is 0 Å². The van der Waals surface area contributed by atoms with Gasteiger partial charge in [-0.2, -0.15) is 0 Å². The van der Waals surface area contributed by atoms with Gasteiger partial charge in [0, 0.05) is 7.11 Å². The SMILES string of the molecule is CO[C@@H]1Cc2ccc([IH+])cc2C1. The first-order valence-electron chi connectivity index (χ1n) is 4.11. The van der Waals surface area contributed by atoms with Gasteiger partial charge >= 0.3 is 0 Å². The lowest BCUT2D eigenvalue weighted by atomic mass is 10.1. The summed E-state index contributed by atoms with van der Waals surface area (Å²) in [7, 11) is 1.80. The highest BCUT2D eigenvalue weighted by atomic mass is 127. The number of hydrogen-bond donors (Lipinski definition) is 0. The third kappa shape index (κ3) is 1.50. The van der Waals surface area contributed by atoms with E-state index in [1.54, 1.807) is 7.11 Å². The number of hydrogen-bond acceptors (Lipinski definition) is 1. The van der Waals surface area contributed by atoms with Crippen LogP contribution in [0.2, 0.25) is 0 Å². The van der Waals surface area contributed by atoms with Gasteiger partial charge in [0.15, 0.2) is 3.57 Å². The maximum Gasteiger partial charge on any atom is 0.296 e. The Kier molecular flexibility index (Phi) is 2.37. The minimum atomic E-state index is 0.419. The molecule has 2 rings (SSSR count). The molecule has 0 fully saturated rings. The molecule has 0 unspecified atom stereocenters. The average molecular weight is 275 g/mol. The molecule has 0 saturated carbocycles. The smallest absolute Gasteiger partial charge is 0.296 e. The van der Waals surface area contributed by atoms with E-state index in [2.05, 4.69) is 40.8 Å². The molecule has 0 amide bonds. The highest BCUT2D eigenvalue weighted by Gasteiger charge is 2.21. The number of benzene rings is 1. The van der Waals surface area contributed by atoms with Crippen molar-refractivity contribution in [3.63, 3.8) is 0 Å². The highest BCUT2D eigenvalue weighted by Crippen LogP contribution is 2.22. The van der Waals surface area contributed by atoms with E-state index in [1.807, 2.05) is 0 Å². The van der Waals surface area contributed by atoms with Gasteiger partial charge in [-0.05, 0) is 36.1 Å². The Morgan fingerprint density at radius 2 is 2.08 bits per heavy atom. The van der Waals surface area contributed by atoms with Crippen LogP contribution in [0.4, 0.5) is 0 Å². The molecule has 64 valence electrons. The Labute approximate surface area is 86.3 Å². The highest BCUT2D eigenvalue weighted by molar-refractivity contribution is 5.32. The Bertz CT molecular complexity index is 296. The van der Waals surface area contributed by atoms with Crippen LogP contribution in [-0.2, 0) is 17.6 Å². The average Bonchev–Trinajstić information content (AvgIpc) is 2.46. The molecule has 1 atom stereocenters. The summed E-state index contributed by atoms with van der Waals surface area (Å²) in [5.74, 6) is 0. The Balaban J connectivity index is 2.30. The van der Waals surface area contributed by atoms with Gasteiger partial charge in [-0.1, -0.05) is 6.07 Å². The van der Waals surface area contributed by atoms with Crippen LogP contribution in [0, 0.1) is 3.57 Å². The number of halogens is 1. The zero-order valence-electron chi connectivity index (χ0n) is 7.04. The van der Waals surface area contributed by atoms with E-state index in [4.69, 9.17) is 4.74 Å². The van der Waals surface area contributed by atoms with E-state index in [0.717, 1.165) is 12.8 Å². The zero-order valence-corrected chi connectivity index (χ0v) is 9.37. The maximum absolute atomic E-state index is 5.33. The van der Waals surface area contributed by atoms with Gasteiger partial charge in [0.05, 0.1) is 6.10 Å². The molecular weight excluding hydrogens is 263 g/mol. The first-order valence-corrected chi connectivity index (χ1v) is 5.27. The van der Waals surface area contributed by atoms with Gasteiger partial charge in [-0.15, -0.1) is 0 Å². The second-order valence-electron chi connectivity index (χ2n) is 3.20. The summed E-state index contributed by atoms with van der Waals surface area (Å²) in [4.78, 5) is 0. The first kappa shape index (κ1) is 8.51. The fourth-order valence-electron chi connectivity index (χ4n) is 1.72. The zero-order chi connectivity index (χ0) is 8.55. The van der Waals surface area contributed by atoms with E-state index in [9.17, 15) is 0 Å². The van der Waals surface area contributed by atoms with Gasteiger partial charge in [0.2, 0.25) is 0 Å². The predicted octanol–water partition coefficient (Wildman–Crippen LogP) is -1.74. The summed E-state index contributed by atoms with van der Waals surface area (Å²) in [5, 5.41) is 0. The fraction of sp³-hybridized carbons (Fsp3) is 0.400. The summed E-state index contributed by atoms with van der Waals surface area (Å²) in [6.45, 7) is 0. The van der Waals surface area contributed by atoms with Gasteiger partial charge in [-0.25, -0.2) is 0 Å². The molecule has 1 aromatic rings. The van der Waals surface area contributed by atoms with Crippen LogP contribution in [0.25, 0.3) is 0 Å². The molecule has 0 saturated heterocycles. The van der Waals surface area contributed by atoms with Gasteiger partial charge in [-0.3, -0.25) is 0 Å². The number of fused-ring (bicyclic) bond motifs is 1. The molecule has 1 aliphatic rings. The topological polar surface area (TPSA) is 9.23 Å². The fourth-order valence-corrected chi connectivity index (χ4v) is 2.32. The van der Waals surface area contributed by atoms with Gasteiger partial charge < -0.3 is 4.74 Å². The Morgan fingerprint density at radius 3 is 2.83 bits per heavy atom. The quantitative estimate of drug-likeness (QED) is 0.553. The summed E-state index contributed by atoms with van der Waals surface area (Å²) in [6.07, 6.45) is 2.60. The molecule has 0 heterocycles. The van der Waals surface area contributed by atoms with Crippen molar-refractivity contribution in [2.75, 3.05) is 7.11 Å². The predicted molar refractivity (Wildman–Crippen MR) is 44.7 cm³/mol. The van der Waals surface area contributed by atoms with Gasteiger partial charge in [0.25, 0.3) is 22.6 Å². The molecular formula is C10H12IO+. The number of ether oxygens (including phenoxy) is 1. The Morgan fingerprint density at radius 1 is 1.33 bits per heavy atom. The monoisotopic (exact) mass is 275 g/mol. The maximum atomic E-state index is 5.33. The third-order valence-electron chi connectivity index (χ3n) is 2.41. The van der Waals surface area contributed by atoms with Crippen LogP contribution < -0.4 is 22.6 Å². The van der Waals surface area contributed by atoms with E-state index >= 15 is 0 Å². The summed E-state index contributed by atoms with van der Waals surface area (Å²) in [6, 6.07) is 6.69. The lowest BCUT2D eigenvalue weighted by molar-refractivity contribution is -0.328. The minimum Gasteiger partial charge on any atom is -0.381 e. The second kappa shape index (κ2) is 3.34. The summed E-state index contributed by atoms with van der Waals surface area (Å²) >= 11 is 2.07. The summed E-state index contributed by atoms with van der Waals surface area (Å²) in [5.41, 5.74) is 2.94. The molecule has 0 aromatic heterocycles. The van der Waals surface area contributed by atoms with E-state index in [1.165, 1.54) is 14.7 Å². The van der Waals surface area contributed by atoms with Crippen LogP contribution in [0.5, 0.6) is 0 Å². The molecule has 0 N–H and O–H groups in total. The lowest BCUT2D eigenvalue weighted by Gasteiger charge is -2.03. The van der Waals surface area contributed by atoms with Crippen molar-refractivity contribution >= 4 is 0 Å². The van der Waals surface area contributed by atoms with E-state index in [-0.39, 0.29) is 0 Å². The van der Waals surface area contributed by atoms with E-state index in [0.29, 0.717) is 6.10 Å². The molecule has 1 aromatic carbocycles. The Hall–Kier alpha value is -0.0900. The van der Waals surface area contributed by atoms with E-state index < -0.39 is 0 Å². The molecule has 0 spiro atoms. The van der Waals surface area contributed by atoms with Crippen molar-refractivity contribution < 1.29 is 27.3 Å². The standard InChI is InChI=1S/C10H12IO/c1-12-10-5-7-2-3-9(11)4-8(7)6-10/h2-4,10-11H,5-6H2,1H3/q+1/t10-/m1/s1. The number of methoxy groups -OCH3 is 1. The molecule has 1 nitrogen and oxygen atoms in total. The van der Waals surface area contributed by atoms with Crippen LogP contribution in [0.15, 0.2) is 18.2 Å². The largest absolute Gasteiger partial charge is 0.381 e. The van der Waals surface area contributed by atoms with Crippen LogP contribution in [0.3, 0.4) is 0 Å². The summed E-state index contributed by atoms with van der Waals surface area (Å²) < 4.78 is 6.70. The molecule has 2 heteroatoms. The van der Waals surface area contributed by atoms with Crippen molar-refractivity contribution in [2.45, 2.75) is 18.9 Å². The van der Waals surface area contributed by atoms with Crippen molar-refractivity contribution in [1.29, 1.82) is 0 Å². The van der Waals surface area contributed by atoms with Crippen molar-refractivity contribution in [3.8, 4) is 0 Å². The molecule has 0 bridgehead atoms. The van der Waals surface area contributed by atoms with Crippen molar-refractivity contribution in [3.05, 3.63) is 32.9 Å². The molecule has 1 aliphatic carbocycles. The normalized spacial score (nSPS) is 21.0. The van der Waals surface area contributed by atoms with Crippen LogP contribution in [0.1, 0.15) is 11.1 Å². The van der Waals surface area contributed by atoms with Crippen LogP contribution >= 0.6 is 0 Å². The molecule has 0 aliphatic heterocycles. The molecule has 0 radical (unpaired) electrons. The number of rotatable bonds is 1. The first-order chi connectivity index (χ1) is 5.79. The van der Waals surface area contributed by atoms with Crippen molar-refractivity contribution in [1.82, 2.24) is 0 Å². The molecule has 12 heavy (non-hydrogen) atoms.